The molecule has 1 saturated heterocycles. The fourth-order valence-electron chi connectivity index (χ4n) is 3.43. The van der Waals surface area contributed by atoms with Crippen LogP contribution in [0.2, 0.25) is 0 Å². The van der Waals surface area contributed by atoms with Crippen molar-refractivity contribution in [1.29, 1.82) is 0 Å². The normalized spacial score (nSPS) is 17.0. The summed E-state index contributed by atoms with van der Waals surface area (Å²) in [6, 6.07) is 8.31. The number of urea groups is 1. The van der Waals surface area contributed by atoms with Crippen molar-refractivity contribution in [2.75, 3.05) is 18.4 Å². The Labute approximate surface area is 150 Å². The van der Waals surface area contributed by atoms with Gasteiger partial charge in [0.1, 0.15) is 17.2 Å². The Balaban J connectivity index is 1.48. The Morgan fingerprint density at radius 1 is 1.35 bits per heavy atom. The summed E-state index contributed by atoms with van der Waals surface area (Å²) in [4.78, 5) is 23.3. The Morgan fingerprint density at radius 3 is 2.96 bits per heavy atom. The maximum Gasteiger partial charge on any atom is 0.321 e. The Kier molecular flexibility index (Phi) is 4.06. The van der Waals surface area contributed by atoms with Crippen molar-refractivity contribution in [3.05, 3.63) is 53.7 Å². The van der Waals surface area contributed by atoms with Gasteiger partial charge in [0.2, 0.25) is 0 Å². The molecule has 0 saturated carbocycles. The quantitative estimate of drug-likeness (QED) is 0.768. The lowest BCUT2D eigenvalue weighted by atomic mass is 10.1. The number of amides is 2. The number of nitrogens with zero attached hydrogens (tertiary/aromatic N) is 4. The van der Waals surface area contributed by atoms with Gasteiger partial charge in [0, 0.05) is 37.9 Å². The van der Waals surface area contributed by atoms with Gasteiger partial charge in [-0.25, -0.2) is 19.2 Å². The van der Waals surface area contributed by atoms with Gasteiger partial charge in [-0.3, -0.25) is 0 Å². The maximum absolute atomic E-state index is 13.7. The van der Waals surface area contributed by atoms with Crippen LogP contribution in [-0.4, -0.2) is 38.6 Å². The van der Waals surface area contributed by atoms with Crippen LogP contribution in [0.5, 0.6) is 0 Å². The maximum atomic E-state index is 13.7. The number of imidazole rings is 1. The summed E-state index contributed by atoms with van der Waals surface area (Å²) >= 11 is 0. The molecule has 1 atom stereocenters. The van der Waals surface area contributed by atoms with Crippen LogP contribution in [-0.2, 0) is 7.05 Å². The van der Waals surface area contributed by atoms with E-state index in [1.165, 1.54) is 6.07 Å². The van der Waals surface area contributed by atoms with Crippen molar-refractivity contribution in [1.82, 2.24) is 19.4 Å². The number of nitrogens with one attached hydrogen (secondary N) is 1. The fraction of sp³-hybridized carbons (Fsp3) is 0.316. The van der Waals surface area contributed by atoms with Crippen molar-refractivity contribution in [3.8, 4) is 0 Å². The van der Waals surface area contributed by atoms with Gasteiger partial charge in [-0.1, -0.05) is 6.07 Å². The minimum atomic E-state index is -0.325. The highest BCUT2D eigenvalue weighted by atomic mass is 19.1. The lowest BCUT2D eigenvalue weighted by Gasteiger charge is -2.17. The first-order chi connectivity index (χ1) is 12.5. The van der Waals surface area contributed by atoms with Gasteiger partial charge in [-0.15, -0.1) is 0 Å². The summed E-state index contributed by atoms with van der Waals surface area (Å²) in [7, 11) is 1.95. The third-order valence-corrected chi connectivity index (χ3v) is 4.93. The van der Waals surface area contributed by atoms with Gasteiger partial charge in [0.15, 0.2) is 5.65 Å². The molecule has 134 valence electrons. The van der Waals surface area contributed by atoms with E-state index < -0.39 is 0 Å². The number of rotatable bonds is 2. The summed E-state index contributed by atoms with van der Waals surface area (Å²) in [5.74, 6) is 0.777. The van der Waals surface area contributed by atoms with E-state index in [0.717, 1.165) is 23.4 Å². The second-order valence-electron chi connectivity index (χ2n) is 6.70. The average molecular weight is 353 g/mol. The standard InChI is InChI=1S/C19H20FN5O/c1-12-5-6-14(10-15(12)20)22-19(26)25-9-7-13(11-25)17-23-16-4-3-8-21-18(16)24(17)2/h3-6,8,10,13H,7,9,11H2,1-2H3,(H,22,26)/t13-/m0/s1. The van der Waals surface area contributed by atoms with Crippen LogP contribution < -0.4 is 5.32 Å². The van der Waals surface area contributed by atoms with Gasteiger partial charge < -0.3 is 14.8 Å². The number of carbonyl (C=O) groups excluding carboxylic acids is 1. The number of aromatic nitrogens is 3. The van der Waals surface area contributed by atoms with E-state index in [9.17, 15) is 9.18 Å². The van der Waals surface area contributed by atoms with E-state index >= 15 is 0 Å². The topological polar surface area (TPSA) is 63.1 Å². The zero-order valence-corrected chi connectivity index (χ0v) is 14.7. The van der Waals surface area contributed by atoms with E-state index in [-0.39, 0.29) is 17.8 Å². The first kappa shape index (κ1) is 16.5. The highest BCUT2D eigenvalue weighted by Crippen LogP contribution is 2.28. The zero-order chi connectivity index (χ0) is 18.3. The summed E-state index contributed by atoms with van der Waals surface area (Å²) in [6.45, 7) is 2.91. The van der Waals surface area contributed by atoms with Gasteiger partial charge in [0.05, 0.1) is 0 Å². The minimum Gasteiger partial charge on any atom is -0.324 e. The Morgan fingerprint density at radius 2 is 2.19 bits per heavy atom. The number of hydrogen-bond acceptors (Lipinski definition) is 3. The molecular weight excluding hydrogens is 333 g/mol. The van der Waals surface area contributed by atoms with Gasteiger partial charge in [-0.2, -0.15) is 0 Å². The molecule has 7 heteroatoms. The third-order valence-electron chi connectivity index (χ3n) is 4.93. The Hall–Kier alpha value is -2.96. The van der Waals surface area contributed by atoms with Gasteiger partial charge in [-0.05, 0) is 43.2 Å². The molecule has 0 radical (unpaired) electrons. The number of hydrogen-bond donors (Lipinski definition) is 1. The molecule has 3 aromatic rings. The number of likely N-dealkylation sites (tertiary alicyclic amines) is 1. The van der Waals surface area contributed by atoms with Crippen LogP contribution in [0.15, 0.2) is 36.5 Å². The number of benzene rings is 1. The smallest absolute Gasteiger partial charge is 0.321 e. The second-order valence-corrected chi connectivity index (χ2v) is 6.70. The van der Waals surface area contributed by atoms with E-state index in [2.05, 4.69) is 15.3 Å². The van der Waals surface area contributed by atoms with Crippen molar-refractivity contribution in [3.63, 3.8) is 0 Å². The van der Waals surface area contributed by atoms with Crippen molar-refractivity contribution in [2.24, 2.45) is 7.05 Å². The summed E-state index contributed by atoms with van der Waals surface area (Å²) in [6.07, 6.45) is 2.59. The molecule has 26 heavy (non-hydrogen) atoms. The monoisotopic (exact) mass is 353 g/mol. The molecule has 1 aliphatic rings. The van der Waals surface area contributed by atoms with E-state index in [4.69, 9.17) is 0 Å². The fourth-order valence-corrected chi connectivity index (χ4v) is 3.43. The molecule has 2 aromatic heterocycles. The molecule has 2 amide bonds. The molecule has 1 N–H and O–H groups in total. The first-order valence-electron chi connectivity index (χ1n) is 8.62. The molecule has 0 bridgehead atoms. The highest BCUT2D eigenvalue weighted by molar-refractivity contribution is 5.89. The molecule has 4 rings (SSSR count). The van der Waals surface area contributed by atoms with Gasteiger partial charge in [0.25, 0.3) is 0 Å². The average Bonchev–Trinajstić information content (AvgIpc) is 3.24. The van der Waals surface area contributed by atoms with Crippen LogP contribution in [0.4, 0.5) is 14.9 Å². The van der Waals surface area contributed by atoms with Crippen LogP contribution >= 0.6 is 0 Å². The molecule has 1 aliphatic heterocycles. The lowest BCUT2D eigenvalue weighted by molar-refractivity contribution is 0.222. The SMILES string of the molecule is Cc1ccc(NC(=O)N2CC[C@H](c3nc4cccnc4n3C)C2)cc1F. The largest absolute Gasteiger partial charge is 0.324 e. The Bertz CT molecular complexity index is 983. The van der Waals surface area contributed by atoms with E-state index in [1.807, 2.05) is 23.7 Å². The van der Waals surface area contributed by atoms with Crippen molar-refractivity contribution in [2.45, 2.75) is 19.3 Å². The number of carbonyl (C=O) groups is 1. The van der Waals surface area contributed by atoms with E-state index in [1.54, 1.807) is 30.2 Å². The molecule has 0 aliphatic carbocycles. The number of pyridine rings is 1. The van der Waals surface area contributed by atoms with Crippen LogP contribution in [0, 0.1) is 12.7 Å². The zero-order valence-electron chi connectivity index (χ0n) is 14.7. The lowest BCUT2D eigenvalue weighted by Crippen LogP contribution is -2.33. The second kappa shape index (κ2) is 6.40. The van der Waals surface area contributed by atoms with Gasteiger partial charge >= 0.3 is 6.03 Å². The predicted molar refractivity (Wildman–Crippen MR) is 97.6 cm³/mol. The summed E-state index contributed by atoms with van der Waals surface area (Å²) in [5.41, 5.74) is 2.73. The molecule has 3 heterocycles. The molecular formula is C19H20FN5O. The molecule has 0 spiro atoms. The van der Waals surface area contributed by atoms with Crippen LogP contribution in [0.3, 0.4) is 0 Å². The molecule has 6 nitrogen and oxygen atoms in total. The number of aryl methyl sites for hydroxylation is 2. The van der Waals surface area contributed by atoms with Crippen molar-refractivity contribution >= 4 is 22.9 Å². The predicted octanol–water partition coefficient (Wildman–Crippen LogP) is 3.44. The molecule has 1 aromatic carbocycles. The van der Waals surface area contributed by atoms with E-state index in [0.29, 0.717) is 24.3 Å². The van der Waals surface area contributed by atoms with Crippen molar-refractivity contribution < 1.29 is 9.18 Å². The molecule has 0 unspecified atom stereocenters. The highest BCUT2D eigenvalue weighted by Gasteiger charge is 2.30. The van der Waals surface area contributed by atoms with Crippen LogP contribution in [0.1, 0.15) is 23.7 Å². The molecule has 1 fully saturated rings. The third kappa shape index (κ3) is 2.89. The summed E-state index contributed by atoms with van der Waals surface area (Å²) in [5, 5.41) is 2.77. The number of fused-ring (bicyclic) bond motifs is 1. The van der Waals surface area contributed by atoms with Crippen LogP contribution in [0.25, 0.3) is 11.2 Å². The first-order valence-corrected chi connectivity index (χ1v) is 8.62. The number of anilines is 1. The number of halogens is 1. The summed E-state index contributed by atoms with van der Waals surface area (Å²) < 4.78 is 15.7. The minimum absolute atomic E-state index is 0.162.